The van der Waals surface area contributed by atoms with Crippen molar-refractivity contribution in [3.8, 4) is 0 Å². The SMILES string of the molecule is CCC(C(=O)Cc1c(C)cc(C)cc1C)[N+]1(Cc2ccccc2)CCCCC1. The molecule has 1 heterocycles. The number of piperidine rings is 1. The van der Waals surface area contributed by atoms with Crippen molar-refractivity contribution in [3.05, 3.63) is 70.3 Å². The summed E-state index contributed by atoms with van der Waals surface area (Å²) in [6.45, 7) is 11.9. The maximum Gasteiger partial charge on any atom is 0.194 e. The van der Waals surface area contributed by atoms with E-state index in [4.69, 9.17) is 0 Å². The van der Waals surface area contributed by atoms with Crippen LogP contribution in [0.1, 0.15) is 60.4 Å². The van der Waals surface area contributed by atoms with Gasteiger partial charge in [-0.05, 0) is 56.7 Å². The molecule has 1 atom stereocenters. The smallest absolute Gasteiger partial charge is 0.194 e. The van der Waals surface area contributed by atoms with Crippen LogP contribution in [0.2, 0.25) is 0 Å². The Kier molecular flexibility index (Phi) is 6.72. The molecule has 1 fully saturated rings. The topological polar surface area (TPSA) is 17.1 Å². The number of Topliss-reactive ketones (excluding diaryl/α,β-unsaturated/α-hetero) is 1. The molecule has 0 amide bonds. The van der Waals surface area contributed by atoms with Crippen LogP contribution in [0.25, 0.3) is 0 Å². The highest BCUT2D eigenvalue weighted by molar-refractivity contribution is 5.85. The lowest BCUT2D eigenvalue weighted by molar-refractivity contribution is -0.959. The van der Waals surface area contributed by atoms with Crippen LogP contribution in [-0.2, 0) is 17.8 Å². The maximum atomic E-state index is 13.6. The van der Waals surface area contributed by atoms with Crippen molar-refractivity contribution in [3.63, 3.8) is 0 Å². The Morgan fingerprint density at radius 1 is 0.964 bits per heavy atom. The molecule has 1 saturated heterocycles. The van der Waals surface area contributed by atoms with Gasteiger partial charge in [0.2, 0.25) is 0 Å². The molecule has 0 bridgehead atoms. The highest BCUT2D eigenvalue weighted by Gasteiger charge is 2.41. The minimum absolute atomic E-state index is 0.0978. The standard InChI is InChI=1S/C26H36NO/c1-5-25(26(28)18-24-21(3)16-20(2)17-22(24)4)27(14-10-7-11-15-27)19-23-12-8-6-9-13-23/h6,8-9,12-13,16-17,25H,5,7,10-11,14-15,18-19H2,1-4H3/q+1. The van der Waals surface area contributed by atoms with Crippen molar-refractivity contribution >= 4 is 5.78 Å². The third kappa shape index (κ3) is 4.55. The first-order chi connectivity index (χ1) is 13.4. The molecule has 2 aromatic rings. The Labute approximate surface area is 171 Å². The molecule has 2 heteroatoms. The van der Waals surface area contributed by atoms with Gasteiger partial charge in [0.25, 0.3) is 0 Å². The highest BCUT2D eigenvalue weighted by atomic mass is 16.1. The van der Waals surface area contributed by atoms with Crippen LogP contribution in [0.15, 0.2) is 42.5 Å². The summed E-state index contributed by atoms with van der Waals surface area (Å²) in [7, 11) is 0. The van der Waals surface area contributed by atoms with Gasteiger partial charge in [-0.1, -0.05) is 55.0 Å². The van der Waals surface area contributed by atoms with E-state index in [0.29, 0.717) is 12.2 Å². The second-order valence-electron chi connectivity index (χ2n) is 8.81. The van der Waals surface area contributed by atoms with E-state index in [-0.39, 0.29) is 6.04 Å². The molecule has 150 valence electrons. The average molecular weight is 379 g/mol. The third-order valence-electron chi connectivity index (χ3n) is 6.66. The molecule has 0 aliphatic carbocycles. The number of carbonyl (C=O) groups is 1. The normalized spacial score (nSPS) is 17.3. The molecular formula is C26H36NO+. The number of rotatable bonds is 7. The number of benzene rings is 2. The average Bonchev–Trinajstić information content (AvgIpc) is 2.66. The molecule has 3 rings (SSSR count). The van der Waals surface area contributed by atoms with Gasteiger partial charge < -0.3 is 4.48 Å². The summed E-state index contributed by atoms with van der Waals surface area (Å²) < 4.78 is 0.948. The summed E-state index contributed by atoms with van der Waals surface area (Å²) in [5.74, 6) is 0.426. The van der Waals surface area contributed by atoms with Crippen LogP contribution in [0.3, 0.4) is 0 Å². The number of carbonyl (C=O) groups excluding carboxylic acids is 1. The molecule has 1 aliphatic rings. The van der Waals surface area contributed by atoms with E-state index < -0.39 is 0 Å². The number of nitrogens with zero attached hydrogens (tertiary/aromatic N) is 1. The van der Waals surface area contributed by atoms with Gasteiger partial charge in [-0.25, -0.2) is 0 Å². The number of hydrogen-bond acceptors (Lipinski definition) is 1. The van der Waals surface area contributed by atoms with Crippen LogP contribution in [0.4, 0.5) is 0 Å². The summed E-state index contributed by atoms with van der Waals surface area (Å²) in [5, 5.41) is 0. The van der Waals surface area contributed by atoms with Gasteiger partial charge in [0.05, 0.1) is 13.1 Å². The minimum Gasteiger partial charge on any atom is -0.311 e. The monoisotopic (exact) mass is 378 g/mol. The van der Waals surface area contributed by atoms with Crippen LogP contribution in [0, 0.1) is 20.8 Å². The number of ketones is 1. The van der Waals surface area contributed by atoms with E-state index in [1.807, 2.05) is 0 Å². The molecule has 0 radical (unpaired) electrons. The second kappa shape index (κ2) is 9.05. The lowest BCUT2D eigenvalue weighted by Gasteiger charge is -2.46. The van der Waals surface area contributed by atoms with Crippen molar-refractivity contribution in [2.45, 2.75) is 72.4 Å². The molecule has 2 aromatic carbocycles. The second-order valence-corrected chi connectivity index (χ2v) is 8.81. The number of aryl methyl sites for hydroxylation is 3. The van der Waals surface area contributed by atoms with Crippen LogP contribution in [0.5, 0.6) is 0 Å². The van der Waals surface area contributed by atoms with E-state index in [2.05, 4.69) is 70.2 Å². The number of quaternary nitrogens is 1. The van der Waals surface area contributed by atoms with Crippen LogP contribution < -0.4 is 0 Å². The first kappa shape index (κ1) is 20.8. The summed E-state index contributed by atoms with van der Waals surface area (Å²) in [5.41, 5.74) is 6.40. The Morgan fingerprint density at radius 2 is 1.57 bits per heavy atom. The van der Waals surface area contributed by atoms with Gasteiger partial charge in [-0.15, -0.1) is 0 Å². The summed E-state index contributed by atoms with van der Waals surface area (Å²) >= 11 is 0. The maximum absolute atomic E-state index is 13.6. The quantitative estimate of drug-likeness (QED) is 0.565. The molecular weight excluding hydrogens is 342 g/mol. The Morgan fingerprint density at radius 3 is 2.14 bits per heavy atom. The van der Waals surface area contributed by atoms with Gasteiger partial charge in [0.1, 0.15) is 12.6 Å². The van der Waals surface area contributed by atoms with E-state index in [1.54, 1.807) is 0 Å². The predicted octanol–water partition coefficient (Wildman–Crippen LogP) is 5.70. The molecule has 0 spiro atoms. The van der Waals surface area contributed by atoms with E-state index in [0.717, 1.165) is 30.5 Å². The predicted molar refractivity (Wildman–Crippen MR) is 117 cm³/mol. The number of hydrogen-bond donors (Lipinski definition) is 0. The zero-order chi connectivity index (χ0) is 20.1. The van der Waals surface area contributed by atoms with Gasteiger partial charge in [-0.3, -0.25) is 4.79 Å². The molecule has 0 aromatic heterocycles. The molecule has 1 aliphatic heterocycles. The van der Waals surface area contributed by atoms with Crippen molar-refractivity contribution < 1.29 is 9.28 Å². The van der Waals surface area contributed by atoms with Crippen LogP contribution >= 0.6 is 0 Å². The largest absolute Gasteiger partial charge is 0.311 e. The van der Waals surface area contributed by atoms with E-state index >= 15 is 0 Å². The Bertz CT molecular complexity index is 779. The first-order valence-corrected chi connectivity index (χ1v) is 10.9. The zero-order valence-corrected chi connectivity index (χ0v) is 18.1. The lowest BCUT2D eigenvalue weighted by atomic mass is 9.90. The molecule has 0 N–H and O–H groups in total. The molecule has 28 heavy (non-hydrogen) atoms. The minimum atomic E-state index is 0.0978. The lowest BCUT2D eigenvalue weighted by Crippen LogP contribution is -2.60. The van der Waals surface area contributed by atoms with E-state index in [1.165, 1.54) is 47.1 Å². The zero-order valence-electron chi connectivity index (χ0n) is 18.1. The molecule has 0 saturated carbocycles. The van der Waals surface area contributed by atoms with Gasteiger partial charge in [0, 0.05) is 18.4 Å². The van der Waals surface area contributed by atoms with Gasteiger partial charge >= 0.3 is 0 Å². The van der Waals surface area contributed by atoms with Crippen LogP contribution in [-0.4, -0.2) is 29.4 Å². The third-order valence-corrected chi connectivity index (χ3v) is 6.66. The Hall–Kier alpha value is -1.93. The Balaban J connectivity index is 1.88. The van der Waals surface area contributed by atoms with Gasteiger partial charge in [0.15, 0.2) is 5.78 Å². The van der Waals surface area contributed by atoms with Crippen molar-refractivity contribution in [1.29, 1.82) is 0 Å². The summed E-state index contributed by atoms with van der Waals surface area (Å²) in [6, 6.07) is 15.3. The fourth-order valence-electron chi connectivity index (χ4n) is 5.37. The van der Waals surface area contributed by atoms with Crippen molar-refractivity contribution in [2.24, 2.45) is 0 Å². The highest BCUT2D eigenvalue weighted by Crippen LogP contribution is 2.30. The number of likely N-dealkylation sites (tertiary alicyclic amines) is 1. The first-order valence-electron chi connectivity index (χ1n) is 10.9. The summed E-state index contributed by atoms with van der Waals surface area (Å²) in [6.07, 6.45) is 5.27. The summed E-state index contributed by atoms with van der Waals surface area (Å²) in [4.78, 5) is 13.6. The van der Waals surface area contributed by atoms with Crippen molar-refractivity contribution in [2.75, 3.05) is 13.1 Å². The van der Waals surface area contributed by atoms with Crippen molar-refractivity contribution in [1.82, 2.24) is 0 Å². The molecule has 1 unspecified atom stereocenters. The fourth-order valence-corrected chi connectivity index (χ4v) is 5.37. The van der Waals surface area contributed by atoms with Gasteiger partial charge in [-0.2, -0.15) is 0 Å². The fraction of sp³-hybridized carbons (Fsp3) is 0.500. The molecule has 2 nitrogen and oxygen atoms in total. The van der Waals surface area contributed by atoms with E-state index in [9.17, 15) is 4.79 Å².